The van der Waals surface area contributed by atoms with Crippen molar-refractivity contribution in [2.75, 3.05) is 26.4 Å². The second-order valence-electron chi connectivity index (χ2n) is 6.32. The van der Waals surface area contributed by atoms with Gasteiger partial charge in [0.25, 0.3) is 0 Å². The average Bonchev–Trinajstić information content (AvgIpc) is 2.74. The van der Waals surface area contributed by atoms with Crippen LogP contribution in [0.15, 0.2) is 24.3 Å². The van der Waals surface area contributed by atoms with Crippen molar-refractivity contribution in [1.82, 2.24) is 10.6 Å². The minimum absolute atomic E-state index is 0.0325. The van der Waals surface area contributed by atoms with E-state index >= 15 is 0 Å². The highest BCUT2D eigenvalue weighted by molar-refractivity contribution is 5.74. The van der Waals surface area contributed by atoms with Crippen molar-refractivity contribution >= 4 is 6.03 Å². The van der Waals surface area contributed by atoms with Gasteiger partial charge in [-0.25, -0.2) is 4.79 Å². The fourth-order valence-electron chi connectivity index (χ4n) is 3.03. The number of urea groups is 1. The molecule has 0 bridgehead atoms. The molecule has 0 radical (unpaired) electrons. The number of hydrogen-bond acceptors (Lipinski definition) is 3. The quantitative estimate of drug-likeness (QED) is 0.676. The predicted octanol–water partition coefficient (Wildman–Crippen LogP) is 2.11. The zero-order chi connectivity index (χ0) is 16.0. The number of rotatable bonds is 7. The minimum atomic E-state index is -0.139. The Morgan fingerprint density at radius 2 is 2.14 bits per heavy atom. The minimum Gasteiger partial charge on any atom is -0.394 e. The van der Waals surface area contributed by atoms with Gasteiger partial charge < -0.3 is 20.5 Å². The monoisotopic (exact) mass is 306 g/mol. The van der Waals surface area contributed by atoms with E-state index in [9.17, 15) is 4.79 Å². The van der Waals surface area contributed by atoms with E-state index in [2.05, 4.69) is 42.7 Å². The first-order valence-electron chi connectivity index (χ1n) is 7.87. The molecule has 5 nitrogen and oxygen atoms in total. The van der Waals surface area contributed by atoms with E-state index in [1.54, 1.807) is 0 Å². The van der Waals surface area contributed by atoms with Gasteiger partial charge in [0.15, 0.2) is 0 Å². The molecular weight excluding hydrogens is 280 g/mol. The van der Waals surface area contributed by atoms with Gasteiger partial charge in [-0.05, 0) is 29.4 Å². The molecule has 122 valence electrons. The van der Waals surface area contributed by atoms with Crippen LogP contribution in [0.3, 0.4) is 0 Å². The molecule has 2 rings (SSSR count). The number of benzene rings is 1. The Morgan fingerprint density at radius 3 is 2.91 bits per heavy atom. The summed E-state index contributed by atoms with van der Waals surface area (Å²) in [6.07, 6.45) is 1.65. The molecule has 2 amide bonds. The second-order valence-corrected chi connectivity index (χ2v) is 6.32. The van der Waals surface area contributed by atoms with Crippen molar-refractivity contribution in [3.63, 3.8) is 0 Å². The lowest BCUT2D eigenvalue weighted by Gasteiger charge is -2.19. The molecule has 0 heterocycles. The van der Waals surface area contributed by atoms with Gasteiger partial charge in [0.1, 0.15) is 0 Å². The lowest BCUT2D eigenvalue weighted by molar-refractivity contribution is 0.0909. The number of carbonyl (C=O) groups excluding carboxylic acids is 1. The Kier molecular flexibility index (Phi) is 5.80. The first kappa shape index (κ1) is 16.8. The van der Waals surface area contributed by atoms with E-state index in [0.717, 1.165) is 12.8 Å². The highest BCUT2D eigenvalue weighted by Crippen LogP contribution is 2.44. The average molecular weight is 306 g/mol. The van der Waals surface area contributed by atoms with Gasteiger partial charge in [0, 0.05) is 13.2 Å². The molecule has 0 aliphatic heterocycles. The van der Waals surface area contributed by atoms with Crippen LogP contribution in [0.2, 0.25) is 0 Å². The Morgan fingerprint density at radius 1 is 1.36 bits per heavy atom. The van der Waals surface area contributed by atoms with Crippen LogP contribution >= 0.6 is 0 Å². The Bertz CT molecular complexity index is 502. The third-order valence-electron chi connectivity index (χ3n) is 4.07. The molecule has 1 unspecified atom stereocenters. The normalized spacial score (nSPS) is 18.8. The van der Waals surface area contributed by atoms with Crippen LogP contribution < -0.4 is 10.6 Å². The molecule has 1 aromatic carbocycles. The van der Waals surface area contributed by atoms with Gasteiger partial charge >= 0.3 is 6.03 Å². The van der Waals surface area contributed by atoms with Crippen LogP contribution in [-0.2, 0) is 10.2 Å². The summed E-state index contributed by atoms with van der Waals surface area (Å²) >= 11 is 0. The molecule has 3 N–H and O–H groups in total. The maximum atomic E-state index is 12.0. The molecule has 0 spiro atoms. The first-order valence-corrected chi connectivity index (χ1v) is 7.87. The van der Waals surface area contributed by atoms with Gasteiger partial charge in [-0.2, -0.15) is 0 Å². The lowest BCUT2D eigenvalue weighted by Crippen LogP contribution is -2.38. The zero-order valence-electron chi connectivity index (χ0n) is 13.4. The van der Waals surface area contributed by atoms with Crippen LogP contribution in [-0.4, -0.2) is 37.5 Å². The van der Waals surface area contributed by atoms with Crippen LogP contribution in [0.1, 0.15) is 43.9 Å². The Labute approximate surface area is 132 Å². The number of nitrogens with one attached hydrogen (secondary N) is 2. The summed E-state index contributed by atoms with van der Waals surface area (Å²) in [7, 11) is 0. The molecule has 1 aromatic rings. The fraction of sp³-hybridized carbons (Fsp3) is 0.588. The zero-order valence-corrected chi connectivity index (χ0v) is 13.4. The van der Waals surface area contributed by atoms with E-state index in [-0.39, 0.29) is 24.1 Å². The van der Waals surface area contributed by atoms with Crippen molar-refractivity contribution in [3.05, 3.63) is 35.4 Å². The van der Waals surface area contributed by atoms with E-state index in [0.29, 0.717) is 19.8 Å². The number of ether oxygens (including phenoxy) is 1. The van der Waals surface area contributed by atoms with Gasteiger partial charge in [0.2, 0.25) is 0 Å². The van der Waals surface area contributed by atoms with Crippen molar-refractivity contribution in [2.24, 2.45) is 0 Å². The summed E-state index contributed by atoms with van der Waals surface area (Å²) < 4.78 is 5.15. The van der Waals surface area contributed by atoms with E-state index in [1.165, 1.54) is 11.1 Å². The smallest absolute Gasteiger partial charge is 0.315 e. The Balaban J connectivity index is 1.78. The van der Waals surface area contributed by atoms with Gasteiger partial charge in [-0.1, -0.05) is 38.1 Å². The molecule has 22 heavy (non-hydrogen) atoms. The largest absolute Gasteiger partial charge is 0.394 e. The molecule has 0 aromatic heterocycles. The molecular formula is C17H26N2O3. The summed E-state index contributed by atoms with van der Waals surface area (Å²) in [4.78, 5) is 12.0. The summed E-state index contributed by atoms with van der Waals surface area (Å²) in [5.74, 6) is 0. The SMILES string of the molecule is CC1(C)CC(NC(=O)NCCCOCCO)c2ccccc21. The fourth-order valence-corrected chi connectivity index (χ4v) is 3.03. The maximum absolute atomic E-state index is 12.0. The second kappa shape index (κ2) is 7.61. The summed E-state index contributed by atoms with van der Waals surface area (Å²) in [5.41, 5.74) is 2.62. The summed E-state index contributed by atoms with van der Waals surface area (Å²) in [6, 6.07) is 8.24. The van der Waals surface area contributed by atoms with Gasteiger partial charge in [-0.3, -0.25) is 0 Å². The maximum Gasteiger partial charge on any atom is 0.315 e. The van der Waals surface area contributed by atoms with E-state index in [1.807, 2.05) is 6.07 Å². The number of amides is 2. The van der Waals surface area contributed by atoms with Crippen LogP contribution in [0.4, 0.5) is 4.79 Å². The first-order chi connectivity index (χ1) is 10.5. The third kappa shape index (κ3) is 4.21. The van der Waals surface area contributed by atoms with Gasteiger partial charge in [-0.15, -0.1) is 0 Å². The van der Waals surface area contributed by atoms with Crippen molar-refractivity contribution in [1.29, 1.82) is 0 Å². The molecule has 1 aliphatic carbocycles. The molecule has 1 aliphatic rings. The van der Waals surface area contributed by atoms with Gasteiger partial charge in [0.05, 0.1) is 19.3 Å². The molecule has 1 atom stereocenters. The summed E-state index contributed by atoms with van der Waals surface area (Å²) in [5, 5.41) is 14.5. The Hall–Kier alpha value is -1.59. The summed E-state index contributed by atoms with van der Waals surface area (Å²) in [6.45, 7) is 5.91. The van der Waals surface area contributed by atoms with E-state index < -0.39 is 0 Å². The molecule has 0 fully saturated rings. The highest BCUT2D eigenvalue weighted by Gasteiger charge is 2.36. The van der Waals surface area contributed by atoms with Crippen molar-refractivity contribution in [2.45, 2.75) is 38.1 Å². The molecule has 5 heteroatoms. The van der Waals surface area contributed by atoms with Crippen LogP contribution in [0.25, 0.3) is 0 Å². The number of aliphatic hydroxyl groups excluding tert-OH is 1. The van der Waals surface area contributed by atoms with Crippen molar-refractivity contribution in [3.8, 4) is 0 Å². The van der Waals surface area contributed by atoms with Crippen molar-refractivity contribution < 1.29 is 14.6 Å². The standard InChI is InChI=1S/C17H26N2O3/c1-17(2)12-15(13-6-3-4-7-14(13)17)19-16(21)18-8-5-10-22-11-9-20/h3-4,6-7,15,20H,5,8-12H2,1-2H3,(H2,18,19,21). The molecule has 0 saturated heterocycles. The number of aliphatic hydroxyl groups is 1. The number of carbonyl (C=O) groups is 1. The van der Waals surface area contributed by atoms with E-state index in [4.69, 9.17) is 9.84 Å². The van der Waals surface area contributed by atoms with Crippen LogP contribution in [0, 0.1) is 0 Å². The number of fused-ring (bicyclic) bond motifs is 1. The van der Waals surface area contributed by atoms with Crippen LogP contribution in [0.5, 0.6) is 0 Å². The molecule has 0 saturated carbocycles. The highest BCUT2D eigenvalue weighted by atomic mass is 16.5. The lowest BCUT2D eigenvalue weighted by atomic mass is 9.86. The third-order valence-corrected chi connectivity index (χ3v) is 4.07. The topological polar surface area (TPSA) is 70.6 Å². The number of hydrogen-bond donors (Lipinski definition) is 3. The predicted molar refractivity (Wildman–Crippen MR) is 85.9 cm³/mol.